The summed E-state index contributed by atoms with van der Waals surface area (Å²) in [6.07, 6.45) is 4.50. The van der Waals surface area contributed by atoms with Gasteiger partial charge in [-0.1, -0.05) is 67.4 Å². The van der Waals surface area contributed by atoms with Crippen LogP contribution in [0, 0.1) is 5.82 Å². The van der Waals surface area contributed by atoms with Gasteiger partial charge in [0.25, 0.3) is 0 Å². The molecular formula is C17H23Cl3FN3OS. The summed E-state index contributed by atoms with van der Waals surface area (Å²) in [6, 6.07) is 5.61. The number of anilines is 1. The van der Waals surface area contributed by atoms with E-state index >= 15 is 0 Å². The first-order valence-electron chi connectivity index (χ1n) is 8.41. The lowest BCUT2D eigenvalue weighted by molar-refractivity contribution is -0.122. The van der Waals surface area contributed by atoms with Gasteiger partial charge in [0.15, 0.2) is 5.11 Å². The molecule has 0 fully saturated rings. The molecule has 4 nitrogen and oxygen atoms in total. The summed E-state index contributed by atoms with van der Waals surface area (Å²) < 4.78 is 11.1. The van der Waals surface area contributed by atoms with E-state index in [0.29, 0.717) is 12.1 Å². The van der Waals surface area contributed by atoms with Gasteiger partial charge in [-0.05, 0) is 42.9 Å². The van der Waals surface area contributed by atoms with Gasteiger partial charge in [0.2, 0.25) is 9.70 Å². The molecule has 0 bridgehead atoms. The fraction of sp³-hybridized carbons (Fsp3) is 0.529. The molecule has 0 saturated heterocycles. The van der Waals surface area contributed by atoms with Gasteiger partial charge in [-0.3, -0.25) is 4.79 Å². The topological polar surface area (TPSA) is 53.2 Å². The second-order valence-electron chi connectivity index (χ2n) is 5.81. The van der Waals surface area contributed by atoms with Crippen molar-refractivity contribution in [3.63, 3.8) is 0 Å². The van der Waals surface area contributed by atoms with Crippen LogP contribution in [0.2, 0.25) is 0 Å². The number of carbonyl (C=O) groups is 1. The van der Waals surface area contributed by atoms with Gasteiger partial charge in [0.1, 0.15) is 12.0 Å². The van der Waals surface area contributed by atoms with Crippen LogP contribution in [0.4, 0.5) is 10.1 Å². The van der Waals surface area contributed by atoms with Gasteiger partial charge in [0.05, 0.1) is 0 Å². The van der Waals surface area contributed by atoms with Crippen molar-refractivity contribution in [2.75, 3.05) is 5.32 Å². The van der Waals surface area contributed by atoms with E-state index in [0.717, 1.165) is 32.1 Å². The molecule has 0 aliphatic rings. The molecule has 0 heterocycles. The number of alkyl halides is 3. The number of hydrogen-bond acceptors (Lipinski definition) is 2. The predicted octanol–water partition coefficient (Wildman–Crippen LogP) is 5.29. The molecule has 3 N–H and O–H groups in total. The van der Waals surface area contributed by atoms with Gasteiger partial charge in [-0.2, -0.15) is 0 Å². The Labute approximate surface area is 174 Å². The molecule has 0 radical (unpaired) electrons. The molecule has 1 atom stereocenters. The van der Waals surface area contributed by atoms with Crippen LogP contribution in [0.25, 0.3) is 0 Å². The molecule has 1 aromatic carbocycles. The highest BCUT2D eigenvalue weighted by Gasteiger charge is 2.34. The van der Waals surface area contributed by atoms with E-state index < -0.39 is 9.96 Å². The smallest absolute Gasteiger partial charge is 0.228 e. The molecule has 1 rings (SSSR count). The minimum absolute atomic E-state index is 0.135. The Morgan fingerprint density at radius 1 is 1.12 bits per heavy atom. The molecule has 1 aromatic rings. The maximum absolute atomic E-state index is 12.9. The van der Waals surface area contributed by atoms with Crippen molar-refractivity contribution in [3.8, 4) is 0 Å². The van der Waals surface area contributed by atoms with E-state index in [1.807, 2.05) is 0 Å². The van der Waals surface area contributed by atoms with E-state index in [9.17, 15) is 9.18 Å². The minimum Gasteiger partial charge on any atom is -0.339 e. The monoisotopic (exact) mass is 441 g/mol. The Morgan fingerprint density at radius 2 is 1.73 bits per heavy atom. The number of benzene rings is 1. The van der Waals surface area contributed by atoms with E-state index in [1.165, 1.54) is 24.3 Å². The maximum Gasteiger partial charge on any atom is 0.228 e. The van der Waals surface area contributed by atoms with E-state index in [4.69, 9.17) is 47.0 Å². The zero-order valence-corrected chi connectivity index (χ0v) is 17.5. The third kappa shape index (κ3) is 9.76. The van der Waals surface area contributed by atoms with Gasteiger partial charge in [-0.15, -0.1) is 0 Å². The summed E-state index contributed by atoms with van der Waals surface area (Å²) >= 11 is 22.9. The molecule has 9 heteroatoms. The van der Waals surface area contributed by atoms with Crippen LogP contribution < -0.4 is 16.0 Å². The van der Waals surface area contributed by atoms with Gasteiger partial charge in [0, 0.05) is 12.1 Å². The highest BCUT2D eigenvalue weighted by Crippen LogP contribution is 2.29. The van der Waals surface area contributed by atoms with Crippen LogP contribution in [0.3, 0.4) is 0 Å². The molecule has 0 aliphatic heterocycles. The Kier molecular flexibility index (Phi) is 10.5. The van der Waals surface area contributed by atoms with E-state index in [-0.39, 0.29) is 16.8 Å². The number of halogens is 4. The van der Waals surface area contributed by atoms with Crippen molar-refractivity contribution in [1.29, 1.82) is 0 Å². The first kappa shape index (κ1) is 23.2. The molecule has 26 heavy (non-hydrogen) atoms. The zero-order chi connectivity index (χ0) is 19.6. The molecule has 0 saturated carbocycles. The van der Waals surface area contributed by atoms with Crippen LogP contribution >= 0.6 is 47.0 Å². The average molecular weight is 443 g/mol. The summed E-state index contributed by atoms with van der Waals surface area (Å²) in [7, 11) is 0. The normalized spacial score (nSPS) is 12.3. The second-order valence-corrected chi connectivity index (χ2v) is 8.59. The zero-order valence-electron chi connectivity index (χ0n) is 14.5. The summed E-state index contributed by atoms with van der Waals surface area (Å²) in [5.74, 6) is -0.588. The van der Waals surface area contributed by atoms with E-state index in [2.05, 4.69) is 22.9 Å². The first-order chi connectivity index (χ1) is 12.2. The lowest BCUT2D eigenvalue weighted by Gasteiger charge is -2.27. The highest BCUT2D eigenvalue weighted by molar-refractivity contribution is 7.80. The molecule has 146 valence electrons. The number of hydrogen-bond donors (Lipinski definition) is 3. The summed E-state index contributed by atoms with van der Waals surface area (Å²) in [6.45, 7) is 2.13. The van der Waals surface area contributed by atoms with Crippen LogP contribution in [-0.2, 0) is 4.79 Å². The van der Waals surface area contributed by atoms with Crippen LogP contribution in [0.5, 0.6) is 0 Å². The van der Waals surface area contributed by atoms with Crippen molar-refractivity contribution in [1.82, 2.24) is 10.6 Å². The second kappa shape index (κ2) is 11.8. The van der Waals surface area contributed by atoms with Gasteiger partial charge >= 0.3 is 0 Å². The maximum atomic E-state index is 12.9. The molecule has 0 aliphatic carbocycles. The van der Waals surface area contributed by atoms with Gasteiger partial charge < -0.3 is 16.0 Å². The standard InChI is InChI=1S/C17H23Cl3FN3OS/c1-2-3-4-5-6-7-14(25)23-15(17(18,19)20)24-16(26)22-13-10-8-12(21)9-11-13/h8-11,15H,2-7H2,1H3,(H,23,25)(H2,22,24,26). The van der Waals surface area contributed by atoms with Crippen molar-refractivity contribution < 1.29 is 9.18 Å². The molecule has 1 amide bonds. The van der Waals surface area contributed by atoms with Crippen molar-refractivity contribution in [3.05, 3.63) is 30.1 Å². The fourth-order valence-electron chi connectivity index (χ4n) is 2.15. The quantitative estimate of drug-likeness (QED) is 0.211. The average Bonchev–Trinajstić information content (AvgIpc) is 2.55. The first-order valence-corrected chi connectivity index (χ1v) is 9.95. The largest absolute Gasteiger partial charge is 0.339 e. The Bertz CT molecular complexity index is 582. The Morgan fingerprint density at radius 3 is 2.31 bits per heavy atom. The number of unbranched alkanes of at least 4 members (excludes halogenated alkanes) is 4. The highest BCUT2D eigenvalue weighted by atomic mass is 35.6. The number of nitrogens with one attached hydrogen (secondary N) is 3. The van der Waals surface area contributed by atoms with Crippen molar-refractivity contribution in [2.45, 2.75) is 55.4 Å². The lowest BCUT2D eigenvalue weighted by atomic mass is 10.1. The van der Waals surface area contributed by atoms with Crippen LogP contribution in [-0.4, -0.2) is 21.0 Å². The molecule has 0 spiro atoms. The summed E-state index contributed by atoms with van der Waals surface area (Å²) in [5.41, 5.74) is 0.564. The van der Waals surface area contributed by atoms with Crippen molar-refractivity contribution >= 4 is 63.7 Å². The number of carbonyl (C=O) groups excluding carboxylic acids is 1. The number of thiocarbonyl (C=S) groups is 1. The molecule has 0 aromatic heterocycles. The van der Waals surface area contributed by atoms with Crippen molar-refractivity contribution in [2.24, 2.45) is 0 Å². The predicted molar refractivity (Wildman–Crippen MR) is 111 cm³/mol. The lowest BCUT2D eigenvalue weighted by Crippen LogP contribution is -2.56. The minimum atomic E-state index is -1.80. The fourth-order valence-corrected chi connectivity index (χ4v) is 2.72. The Hall–Kier alpha value is -0.820. The summed E-state index contributed by atoms with van der Waals surface area (Å²) in [4.78, 5) is 12.1. The Balaban J connectivity index is 2.51. The van der Waals surface area contributed by atoms with Gasteiger partial charge in [-0.25, -0.2) is 4.39 Å². The van der Waals surface area contributed by atoms with E-state index in [1.54, 1.807) is 0 Å². The summed E-state index contributed by atoms with van der Waals surface area (Å²) in [5, 5.41) is 8.37. The number of rotatable bonds is 9. The van der Waals surface area contributed by atoms with Crippen LogP contribution in [0.15, 0.2) is 24.3 Å². The molecular weight excluding hydrogens is 420 g/mol. The third-order valence-electron chi connectivity index (χ3n) is 3.52. The molecule has 1 unspecified atom stereocenters. The SMILES string of the molecule is CCCCCCCC(=O)NC(NC(=S)Nc1ccc(F)cc1)C(Cl)(Cl)Cl. The number of amides is 1. The third-order valence-corrected chi connectivity index (χ3v) is 4.39. The van der Waals surface area contributed by atoms with Crippen LogP contribution in [0.1, 0.15) is 45.4 Å².